The quantitative estimate of drug-likeness (QED) is 0.462. The van der Waals surface area contributed by atoms with E-state index in [-0.39, 0.29) is 25.4 Å². The molecule has 2 aromatic carbocycles. The highest BCUT2D eigenvalue weighted by Crippen LogP contribution is 2.16. The molecule has 0 bridgehead atoms. The van der Waals surface area contributed by atoms with Gasteiger partial charge >= 0.3 is 5.97 Å². The van der Waals surface area contributed by atoms with E-state index in [1.807, 2.05) is 61.5 Å². The highest BCUT2D eigenvalue weighted by atomic mass is 16.5. The molecule has 0 N–H and O–H groups in total. The molecule has 162 valence electrons. The number of aromatic nitrogens is 2. The van der Waals surface area contributed by atoms with E-state index in [1.54, 1.807) is 7.05 Å². The maximum Gasteiger partial charge on any atom is 0.306 e. The van der Waals surface area contributed by atoms with Crippen molar-refractivity contribution in [2.45, 2.75) is 26.3 Å². The largest absolute Gasteiger partial charge is 0.494 e. The van der Waals surface area contributed by atoms with E-state index < -0.39 is 5.97 Å². The number of carbonyl (C=O) groups excluding carboxylic acids is 2. The maximum absolute atomic E-state index is 12.2. The summed E-state index contributed by atoms with van der Waals surface area (Å²) in [4.78, 5) is 30.0. The minimum absolute atomic E-state index is 0.0479. The number of carbonyl (C=O) groups is 2. The Morgan fingerprint density at radius 1 is 1.06 bits per heavy atom. The molecular formula is C23H25N3O5. The lowest BCUT2D eigenvalue weighted by Gasteiger charge is -2.17. The smallest absolute Gasteiger partial charge is 0.306 e. The fraction of sp³-hybridized carbons (Fsp3) is 0.304. The summed E-state index contributed by atoms with van der Waals surface area (Å²) in [6, 6.07) is 16.9. The van der Waals surface area contributed by atoms with Crippen molar-refractivity contribution in [1.82, 2.24) is 15.0 Å². The Hall–Kier alpha value is -3.68. The lowest BCUT2D eigenvalue weighted by atomic mass is 10.2. The van der Waals surface area contributed by atoms with E-state index in [9.17, 15) is 9.59 Å². The molecule has 0 aliphatic rings. The van der Waals surface area contributed by atoms with E-state index in [1.165, 1.54) is 4.90 Å². The van der Waals surface area contributed by atoms with Crippen LogP contribution in [-0.2, 0) is 27.3 Å². The van der Waals surface area contributed by atoms with Gasteiger partial charge in [0.05, 0.1) is 13.0 Å². The number of benzene rings is 2. The summed E-state index contributed by atoms with van der Waals surface area (Å²) in [5.41, 5.74) is 1.79. The van der Waals surface area contributed by atoms with Crippen LogP contribution in [0.4, 0.5) is 0 Å². The van der Waals surface area contributed by atoms with Crippen LogP contribution in [0.15, 0.2) is 59.1 Å². The summed E-state index contributed by atoms with van der Waals surface area (Å²) in [5.74, 6) is 0.810. The third-order valence-corrected chi connectivity index (χ3v) is 4.48. The fourth-order valence-corrected chi connectivity index (χ4v) is 2.81. The van der Waals surface area contributed by atoms with Crippen molar-refractivity contribution in [3.8, 4) is 17.1 Å². The molecule has 1 heterocycles. The summed E-state index contributed by atoms with van der Waals surface area (Å²) < 4.78 is 15.7. The molecular weight excluding hydrogens is 398 g/mol. The highest BCUT2D eigenvalue weighted by Gasteiger charge is 2.15. The first-order valence-electron chi connectivity index (χ1n) is 10.0. The van der Waals surface area contributed by atoms with Crippen LogP contribution in [0.3, 0.4) is 0 Å². The van der Waals surface area contributed by atoms with Crippen LogP contribution < -0.4 is 4.74 Å². The first-order valence-corrected chi connectivity index (χ1v) is 10.0. The van der Waals surface area contributed by atoms with E-state index in [2.05, 4.69) is 10.1 Å². The Labute approximate surface area is 180 Å². The van der Waals surface area contributed by atoms with Gasteiger partial charge in [-0.25, -0.2) is 0 Å². The van der Waals surface area contributed by atoms with Gasteiger partial charge in [-0.3, -0.25) is 9.59 Å². The van der Waals surface area contributed by atoms with Crippen molar-refractivity contribution in [2.75, 3.05) is 20.3 Å². The molecule has 1 aromatic heterocycles. The van der Waals surface area contributed by atoms with Crippen LogP contribution in [0, 0.1) is 0 Å². The number of hydrogen-bond acceptors (Lipinski definition) is 7. The van der Waals surface area contributed by atoms with Gasteiger partial charge in [-0.15, -0.1) is 0 Å². The van der Waals surface area contributed by atoms with Crippen molar-refractivity contribution in [3.05, 3.63) is 66.1 Å². The van der Waals surface area contributed by atoms with Crippen molar-refractivity contribution in [2.24, 2.45) is 0 Å². The minimum Gasteiger partial charge on any atom is -0.494 e. The standard InChI is InChI=1S/C23H25N3O5/c1-3-29-19-11-9-17(10-12-19)15-26(2)21(27)16-30-22(28)14-13-20-24-23(25-31-20)18-7-5-4-6-8-18/h4-12H,3,13-16H2,1-2H3. The summed E-state index contributed by atoms with van der Waals surface area (Å²) in [7, 11) is 1.66. The molecule has 31 heavy (non-hydrogen) atoms. The van der Waals surface area contributed by atoms with Gasteiger partial charge in [-0.2, -0.15) is 4.98 Å². The zero-order valence-electron chi connectivity index (χ0n) is 17.6. The molecule has 3 aromatic rings. The zero-order chi connectivity index (χ0) is 22.1. The van der Waals surface area contributed by atoms with Crippen LogP contribution in [0.5, 0.6) is 5.75 Å². The van der Waals surface area contributed by atoms with Crippen molar-refractivity contribution in [1.29, 1.82) is 0 Å². The maximum atomic E-state index is 12.2. The molecule has 3 rings (SSSR count). The molecule has 0 spiro atoms. The van der Waals surface area contributed by atoms with Gasteiger partial charge in [-0.1, -0.05) is 47.6 Å². The predicted octanol–water partition coefficient (Wildman–Crippen LogP) is 3.27. The molecule has 0 radical (unpaired) electrons. The Bertz CT molecular complexity index is 986. The second-order valence-corrected chi connectivity index (χ2v) is 6.87. The molecule has 8 heteroatoms. The summed E-state index contributed by atoms with van der Waals surface area (Å²) in [6.07, 6.45) is 0.293. The third kappa shape index (κ3) is 6.67. The second-order valence-electron chi connectivity index (χ2n) is 6.87. The van der Waals surface area contributed by atoms with Gasteiger partial charge in [-0.05, 0) is 24.6 Å². The topological polar surface area (TPSA) is 94.8 Å². The highest BCUT2D eigenvalue weighted by molar-refractivity contribution is 5.80. The van der Waals surface area contributed by atoms with Crippen LogP contribution in [0.25, 0.3) is 11.4 Å². The molecule has 8 nitrogen and oxygen atoms in total. The van der Waals surface area contributed by atoms with Crippen LogP contribution in [-0.4, -0.2) is 47.2 Å². The molecule has 0 aliphatic carbocycles. The van der Waals surface area contributed by atoms with E-state index in [0.29, 0.717) is 24.9 Å². The van der Waals surface area contributed by atoms with E-state index in [0.717, 1.165) is 16.9 Å². The van der Waals surface area contributed by atoms with Gasteiger partial charge in [0.1, 0.15) is 5.75 Å². The van der Waals surface area contributed by atoms with Gasteiger partial charge in [0, 0.05) is 25.6 Å². The Kier molecular flexibility index (Phi) is 7.75. The van der Waals surface area contributed by atoms with Gasteiger partial charge in [0.25, 0.3) is 5.91 Å². The summed E-state index contributed by atoms with van der Waals surface area (Å²) in [5, 5.41) is 3.91. The number of hydrogen-bond donors (Lipinski definition) is 0. The fourth-order valence-electron chi connectivity index (χ4n) is 2.81. The lowest BCUT2D eigenvalue weighted by molar-refractivity contribution is -0.151. The monoisotopic (exact) mass is 423 g/mol. The van der Waals surface area contributed by atoms with Crippen molar-refractivity contribution >= 4 is 11.9 Å². The second kappa shape index (κ2) is 10.9. The van der Waals surface area contributed by atoms with Crippen LogP contribution in [0.1, 0.15) is 24.8 Å². The average molecular weight is 423 g/mol. The number of rotatable bonds is 10. The number of aryl methyl sites for hydroxylation is 1. The van der Waals surface area contributed by atoms with Gasteiger partial charge in [0.15, 0.2) is 6.61 Å². The number of amides is 1. The van der Waals surface area contributed by atoms with Gasteiger partial charge in [0.2, 0.25) is 11.7 Å². The zero-order valence-corrected chi connectivity index (χ0v) is 17.6. The van der Waals surface area contributed by atoms with E-state index in [4.69, 9.17) is 14.0 Å². The van der Waals surface area contributed by atoms with E-state index >= 15 is 0 Å². The molecule has 0 aliphatic heterocycles. The molecule has 0 saturated carbocycles. The molecule has 0 atom stereocenters. The third-order valence-electron chi connectivity index (χ3n) is 4.48. The molecule has 0 saturated heterocycles. The normalized spacial score (nSPS) is 10.5. The number of likely N-dealkylation sites (N-methyl/N-ethyl adjacent to an activating group) is 1. The Morgan fingerprint density at radius 3 is 2.52 bits per heavy atom. The van der Waals surface area contributed by atoms with Crippen LogP contribution >= 0.6 is 0 Å². The number of nitrogens with zero attached hydrogens (tertiary/aromatic N) is 3. The molecule has 0 fully saturated rings. The Balaban J connectivity index is 1.39. The van der Waals surface area contributed by atoms with Crippen molar-refractivity contribution in [3.63, 3.8) is 0 Å². The summed E-state index contributed by atoms with van der Waals surface area (Å²) >= 11 is 0. The summed E-state index contributed by atoms with van der Waals surface area (Å²) in [6.45, 7) is 2.62. The van der Waals surface area contributed by atoms with Crippen molar-refractivity contribution < 1.29 is 23.6 Å². The number of ether oxygens (including phenoxy) is 2. The molecule has 0 unspecified atom stereocenters. The Morgan fingerprint density at radius 2 is 1.81 bits per heavy atom. The first-order chi connectivity index (χ1) is 15.0. The lowest BCUT2D eigenvalue weighted by Crippen LogP contribution is -2.30. The SMILES string of the molecule is CCOc1ccc(CN(C)C(=O)COC(=O)CCc2nc(-c3ccccc3)no2)cc1. The molecule has 1 amide bonds. The van der Waals surface area contributed by atoms with Gasteiger partial charge < -0.3 is 18.9 Å². The predicted molar refractivity (Wildman–Crippen MR) is 113 cm³/mol. The average Bonchev–Trinajstić information content (AvgIpc) is 3.27. The first kappa shape index (κ1) is 22.0. The number of esters is 1. The van der Waals surface area contributed by atoms with Crippen LogP contribution in [0.2, 0.25) is 0 Å². The minimum atomic E-state index is -0.498.